The fourth-order valence-electron chi connectivity index (χ4n) is 1.77. The van der Waals surface area contributed by atoms with Crippen molar-refractivity contribution in [2.75, 3.05) is 6.61 Å². The zero-order valence-electron chi connectivity index (χ0n) is 14.0. The summed E-state index contributed by atoms with van der Waals surface area (Å²) in [5.41, 5.74) is 0. The molecule has 0 spiro atoms. The van der Waals surface area contributed by atoms with Crippen LogP contribution in [0.25, 0.3) is 0 Å². The molecule has 0 aliphatic carbocycles. The maximum atomic E-state index is 11.7. The number of halogens is 1. The van der Waals surface area contributed by atoms with E-state index in [0.29, 0.717) is 0 Å². The molecule has 0 aromatic carbocycles. The molecule has 0 amide bonds. The van der Waals surface area contributed by atoms with Gasteiger partial charge in [-0.05, 0) is 15.9 Å². The van der Waals surface area contributed by atoms with Gasteiger partial charge >= 0.3 is 23.9 Å². The Hall–Kier alpha value is -2.01. The Morgan fingerprint density at radius 2 is 1.24 bits per heavy atom. The highest BCUT2D eigenvalue weighted by Gasteiger charge is 2.44. The average molecular weight is 427 g/mol. The van der Waals surface area contributed by atoms with Gasteiger partial charge in [-0.25, -0.2) is 0 Å². The van der Waals surface area contributed by atoms with Gasteiger partial charge in [0.2, 0.25) is 10.8 Å². The molecule has 25 heavy (non-hydrogen) atoms. The summed E-state index contributed by atoms with van der Waals surface area (Å²) in [7, 11) is 0. The van der Waals surface area contributed by atoms with Crippen molar-refractivity contribution in [1.82, 2.24) is 0 Å². The van der Waals surface area contributed by atoms with Crippen molar-refractivity contribution in [3.05, 3.63) is 0 Å². The lowest BCUT2D eigenvalue weighted by Crippen LogP contribution is -2.53. The molecule has 1 N–H and O–H groups in total. The standard InChI is InChI=1S/C14H19BrO10/c1-6(16)22-5-10(20)11(23-7(2)17)12(24-8(3)18)13(14(15)21)25-9(4)19/h10-13,20H,5H2,1-4H3/t10-,11+,12+,13-/m1/s1. The molecular formula is C14H19BrO10. The normalized spacial score (nSPS) is 15.1. The van der Waals surface area contributed by atoms with E-state index in [2.05, 4.69) is 20.7 Å². The molecule has 10 nitrogen and oxygen atoms in total. The van der Waals surface area contributed by atoms with Crippen molar-refractivity contribution in [3.8, 4) is 0 Å². The first-order valence-electron chi connectivity index (χ1n) is 6.98. The number of hydrogen-bond acceptors (Lipinski definition) is 10. The van der Waals surface area contributed by atoms with Crippen molar-refractivity contribution >= 4 is 44.5 Å². The largest absolute Gasteiger partial charge is 0.463 e. The predicted molar refractivity (Wildman–Crippen MR) is 83.2 cm³/mol. The molecule has 0 aliphatic rings. The van der Waals surface area contributed by atoms with Crippen molar-refractivity contribution in [1.29, 1.82) is 0 Å². The van der Waals surface area contributed by atoms with Crippen LogP contribution in [0.3, 0.4) is 0 Å². The highest BCUT2D eigenvalue weighted by molar-refractivity contribution is 9.18. The van der Waals surface area contributed by atoms with Crippen LogP contribution in [0.15, 0.2) is 0 Å². The lowest BCUT2D eigenvalue weighted by molar-refractivity contribution is -0.195. The van der Waals surface area contributed by atoms with Crippen LogP contribution < -0.4 is 0 Å². The van der Waals surface area contributed by atoms with Crippen molar-refractivity contribution in [2.24, 2.45) is 0 Å². The van der Waals surface area contributed by atoms with E-state index in [1.807, 2.05) is 0 Å². The van der Waals surface area contributed by atoms with E-state index in [1.54, 1.807) is 0 Å². The average Bonchev–Trinajstić information content (AvgIpc) is 2.45. The van der Waals surface area contributed by atoms with Gasteiger partial charge in [-0.15, -0.1) is 0 Å². The van der Waals surface area contributed by atoms with Crippen molar-refractivity contribution in [2.45, 2.75) is 52.1 Å². The number of ether oxygens (including phenoxy) is 4. The Bertz CT molecular complexity index is 532. The summed E-state index contributed by atoms with van der Waals surface area (Å²) >= 11 is 2.59. The fraction of sp³-hybridized carbons (Fsp3) is 0.643. The smallest absolute Gasteiger partial charge is 0.303 e. The minimum Gasteiger partial charge on any atom is -0.463 e. The molecule has 0 unspecified atom stereocenters. The number of carbonyl (C=O) groups excluding carboxylic acids is 5. The molecule has 0 saturated carbocycles. The Balaban J connectivity index is 5.74. The molecule has 0 bridgehead atoms. The molecule has 0 radical (unpaired) electrons. The van der Waals surface area contributed by atoms with Gasteiger partial charge in [0.1, 0.15) is 12.7 Å². The molecule has 11 heteroatoms. The Morgan fingerprint density at radius 1 is 0.800 bits per heavy atom. The first-order chi connectivity index (χ1) is 11.5. The van der Waals surface area contributed by atoms with E-state index < -0.39 is 59.6 Å². The SMILES string of the molecule is CC(=O)OC[C@@H](O)[C@H](OC(C)=O)[C@H](OC(C)=O)[C@@H](OC(C)=O)C(=O)Br. The lowest BCUT2D eigenvalue weighted by Gasteiger charge is -2.32. The van der Waals surface area contributed by atoms with E-state index in [1.165, 1.54) is 0 Å². The summed E-state index contributed by atoms with van der Waals surface area (Å²) in [6, 6.07) is 0. The van der Waals surface area contributed by atoms with Crippen molar-refractivity contribution < 1.29 is 48.0 Å². The van der Waals surface area contributed by atoms with Crippen LogP contribution in [0, 0.1) is 0 Å². The number of esters is 4. The van der Waals surface area contributed by atoms with Gasteiger partial charge in [0.15, 0.2) is 12.2 Å². The predicted octanol–water partition coefficient (Wildman–Crippen LogP) is -0.373. The van der Waals surface area contributed by atoms with Gasteiger partial charge in [-0.2, -0.15) is 0 Å². The number of aliphatic hydroxyl groups is 1. The topological polar surface area (TPSA) is 143 Å². The van der Waals surface area contributed by atoms with Gasteiger partial charge in [0.05, 0.1) is 0 Å². The van der Waals surface area contributed by atoms with Gasteiger partial charge < -0.3 is 24.1 Å². The van der Waals surface area contributed by atoms with Gasteiger partial charge in [0.25, 0.3) is 0 Å². The summed E-state index contributed by atoms with van der Waals surface area (Å²) in [5, 5.41) is 10.1. The summed E-state index contributed by atoms with van der Waals surface area (Å²) in [4.78, 5) is 56.5. The minimum atomic E-state index is -1.71. The highest BCUT2D eigenvalue weighted by Crippen LogP contribution is 2.20. The number of hydrogen-bond donors (Lipinski definition) is 1. The fourth-order valence-corrected chi connectivity index (χ4v) is 2.12. The Morgan fingerprint density at radius 3 is 1.60 bits per heavy atom. The maximum absolute atomic E-state index is 11.7. The monoisotopic (exact) mass is 426 g/mol. The summed E-state index contributed by atoms with van der Waals surface area (Å²) in [6.45, 7) is 3.48. The minimum absolute atomic E-state index is 0.617. The Kier molecular flexibility index (Phi) is 9.91. The summed E-state index contributed by atoms with van der Waals surface area (Å²) < 4.78 is 18.3. The van der Waals surface area contributed by atoms with E-state index in [4.69, 9.17) is 14.2 Å². The molecule has 0 fully saturated rings. The van der Waals surface area contributed by atoms with E-state index in [0.717, 1.165) is 27.7 Å². The van der Waals surface area contributed by atoms with Crippen LogP contribution in [-0.2, 0) is 42.9 Å². The molecular weight excluding hydrogens is 408 g/mol. The lowest BCUT2D eigenvalue weighted by atomic mass is 10.0. The molecule has 0 aromatic rings. The van der Waals surface area contributed by atoms with Crippen LogP contribution in [0.2, 0.25) is 0 Å². The van der Waals surface area contributed by atoms with Crippen LogP contribution in [0.5, 0.6) is 0 Å². The molecule has 0 rings (SSSR count). The zero-order chi connectivity index (χ0) is 19.7. The Labute approximate surface area is 151 Å². The third kappa shape index (κ3) is 9.15. The highest BCUT2D eigenvalue weighted by atomic mass is 79.9. The summed E-state index contributed by atoms with van der Waals surface area (Å²) in [6.07, 6.45) is -6.70. The third-order valence-corrected chi connectivity index (χ3v) is 3.03. The zero-order valence-corrected chi connectivity index (χ0v) is 15.6. The molecule has 4 atom stereocenters. The number of carbonyl (C=O) groups is 5. The second-order valence-electron chi connectivity index (χ2n) is 4.85. The molecule has 142 valence electrons. The molecule has 0 aliphatic heterocycles. The van der Waals surface area contributed by atoms with Gasteiger partial charge in [0, 0.05) is 27.7 Å². The number of aliphatic hydroxyl groups excluding tert-OH is 1. The van der Waals surface area contributed by atoms with E-state index in [-0.39, 0.29) is 0 Å². The van der Waals surface area contributed by atoms with Crippen molar-refractivity contribution in [3.63, 3.8) is 0 Å². The van der Waals surface area contributed by atoms with E-state index in [9.17, 15) is 29.1 Å². The van der Waals surface area contributed by atoms with Crippen LogP contribution in [0.1, 0.15) is 27.7 Å². The number of rotatable bonds is 9. The molecule has 0 saturated heterocycles. The van der Waals surface area contributed by atoms with Crippen LogP contribution in [0.4, 0.5) is 0 Å². The first-order valence-corrected chi connectivity index (χ1v) is 7.77. The van der Waals surface area contributed by atoms with Gasteiger partial charge in [-0.1, -0.05) is 0 Å². The third-order valence-electron chi connectivity index (χ3n) is 2.58. The summed E-state index contributed by atoms with van der Waals surface area (Å²) in [5.74, 6) is -3.39. The van der Waals surface area contributed by atoms with Crippen LogP contribution >= 0.6 is 15.9 Å². The quantitative estimate of drug-likeness (QED) is 0.294. The van der Waals surface area contributed by atoms with Crippen LogP contribution in [-0.4, -0.2) is 64.7 Å². The first kappa shape index (κ1) is 23.0. The molecule has 0 heterocycles. The second kappa shape index (κ2) is 10.8. The molecule has 0 aromatic heterocycles. The second-order valence-corrected chi connectivity index (χ2v) is 5.63. The van der Waals surface area contributed by atoms with E-state index >= 15 is 0 Å². The van der Waals surface area contributed by atoms with Gasteiger partial charge in [-0.3, -0.25) is 24.0 Å². The maximum Gasteiger partial charge on any atom is 0.303 e.